The molecule has 184 valence electrons. The minimum absolute atomic E-state index is 0.174. The number of anilines is 2. The van der Waals surface area contributed by atoms with Crippen LogP contribution in [0.3, 0.4) is 0 Å². The van der Waals surface area contributed by atoms with E-state index in [0.717, 1.165) is 23.9 Å². The summed E-state index contributed by atoms with van der Waals surface area (Å²) >= 11 is 12.0. The highest BCUT2D eigenvalue weighted by Crippen LogP contribution is 2.30. The van der Waals surface area contributed by atoms with E-state index >= 15 is 0 Å². The molecule has 1 saturated heterocycles. The number of benzene rings is 3. The van der Waals surface area contributed by atoms with Gasteiger partial charge in [-0.05, 0) is 48.5 Å². The molecule has 11 heteroatoms. The van der Waals surface area contributed by atoms with E-state index in [9.17, 15) is 17.6 Å². The van der Waals surface area contributed by atoms with Crippen LogP contribution in [-0.4, -0.2) is 51.9 Å². The van der Waals surface area contributed by atoms with Crippen LogP contribution in [0, 0.1) is 5.82 Å². The predicted molar refractivity (Wildman–Crippen MR) is 135 cm³/mol. The second-order valence-electron chi connectivity index (χ2n) is 7.78. The Labute approximate surface area is 213 Å². The first-order valence-electron chi connectivity index (χ1n) is 10.6. The van der Waals surface area contributed by atoms with Gasteiger partial charge in [-0.3, -0.25) is 4.79 Å². The normalized spacial score (nSPS) is 14.6. The lowest BCUT2D eigenvalue weighted by Gasteiger charge is -2.36. The number of carbonyl (C=O) groups excluding carboxylic acids is 1. The third-order valence-corrected chi connectivity index (χ3v) is 8.12. The standard InChI is InChI=1S/C24H22Cl2FN3O4S/c1-34-23-5-3-2-4-22(23)29-10-12-30(13-11-29)35(32,33)17-7-9-20(27)18(15-17)24(31)28-21-14-16(25)6-8-19(21)26/h2-9,14-15H,10-13H2,1H3,(H,28,31). The van der Waals surface area contributed by atoms with E-state index < -0.39 is 27.3 Å². The van der Waals surface area contributed by atoms with E-state index in [1.54, 1.807) is 13.2 Å². The summed E-state index contributed by atoms with van der Waals surface area (Å²) in [7, 11) is -2.38. The quantitative estimate of drug-likeness (QED) is 0.483. The molecule has 0 aromatic heterocycles. The van der Waals surface area contributed by atoms with Gasteiger partial charge in [0.15, 0.2) is 0 Å². The summed E-state index contributed by atoms with van der Waals surface area (Å²) in [4.78, 5) is 14.6. The van der Waals surface area contributed by atoms with E-state index in [4.69, 9.17) is 27.9 Å². The molecule has 1 aliphatic rings. The molecule has 0 bridgehead atoms. The van der Waals surface area contributed by atoms with Gasteiger partial charge in [0.2, 0.25) is 10.0 Å². The van der Waals surface area contributed by atoms with Crippen molar-refractivity contribution < 1.29 is 22.3 Å². The molecule has 4 rings (SSSR count). The number of nitrogens with zero attached hydrogens (tertiary/aromatic N) is 2. The molecule has 0 saturated carbocycles. The number of piperazine rings is 1. The number of methoxy groups -OCH3 is 1. The number of nitrogens with one attached hydrogen (secondary N) is 1. The van der Waals surface area contributed by atoms with E-state index in [0.29, 0.717) is 23.9 Å². The van der Waals surface area contributed by atoms with E-state index in [-0.39, 0.29) is 28.7 Å². The van der Waals surface area contributed by atoms with E-state index in [1.807, 2.05) is 29.2 Å². The number of amides is 1. The fourth-order valence-electron chi connectivity index (χ4n) is 3.83. The van der Waals surface area contributed by atoms with Crippen molar-refractivity contribution in [1.29, 1.82) is 0 Å². The third kappa shape index (κ3) is 5.38. The average molecular weight is 538 g/mol. The number of sulfonamides is 1. The lowest BCUT2D eigenvalue weighted by molar-refractivity contribution is 0.102. The number of halogens is 3. The minimum atomic E-state index is -3.96. The van der Waals surface area contributed by atoms with Gasteiger partial charge in [-0.1, -0.05) is 35.3 Å². The molecule has 1 aliphatic heterocycles. The molecule has 3 aromatic rings. The van der Waals surface area contributed by atoms with E-state index in [2.05, 4.69) is 5.32 Å². The van der Waals surface area contributed by atoms with Crippen LogP contribution in [0.2, 0.25) is 10.0 Å². The Balaban J connectivity index is 1.52. The van der Waals surface area contributed by atoms with Crippen molar-refractivity contribution in [3.63, 3.8) is 0 Å². The summed E-state index contributed by atoms with van der Waals surface area (Å²) in [5, 5.41) is 3.01. The number of hydrogen-bond donors (Lipinski definition) is 1. The van der Waals surface area contributed by atoms with Gasteiger partial charge in [0.05, 0.1) is 34.0 Å². The van der Waals surface area contributed by atoms with Crippen LogP contribution in [0.15, 0.2) is 65.6 Å². The summed E-state index contributed by atoms with van der Waals surface area (Å²) in [5.41, 5.74) is 0.645. The van der Waals surface area contributed by atoms with E-state index in [1.165, 1.54) is 16.4 Å². The highest BCUT2D eigenvalue weighted by Gasteiger charge is 2.30. The molecule has 35 heavy (non-hydrogen) atoms. The molecule has 0 spiro atoms. The van der Waals surface area contributed by atoms with Crippen molar-refractivity contribution >= 4 is 50.5 Å². The number of hydrogen-bond acceptors (Lipinski definition) is 5. The molecule has 1 heterocycles. The summed E-state index contributed by atoms with van der Waals surface area (Å²) in [6, 6.07) is 15.1. The molecule has 0 atom stereocenters. The van der Waals surface area contributed by atoms with Crippen molar-refractivity contribution in [2.45, 2.75) is 4.90 Å². The number of rotatable bonds is 6. The first-order valence-corrected chi connectivity index (χ1v) is 12.8. The zero-order chi connectivity index (χ0) is 25.2. The van der Waals surface area contributed by atoms with Gasteiger partial charge in [-0.25, -0.2) is 12.8 Å². The van der Waals surface area contributed by atoms with Crippen LogP contribution in [0.25, 0.3) is 0 Å². The van der Waals surface area contributed by atoms with Crippen molar-refractivity contribution in [3.8, 4) is 5.75 Å². The second-order valence-corrected chi connectivity index (χ2v) is 10.6. The fraction of sp³-hybridized carbons (Fsp3) is 0.208. The Hall–Kier alpha value is -2.85. The van der Waals surface area contributed by atoms with Crippen LogP contribution in [0.5, 0.6) is 5.75 Å². The van der Waals surface area contributed by atoms with Gasteiger partial charge in [0.1, 0.15) is 11.6 Å². The molecule has 1 amide bonds. The molecule has 0 aliphatic carbocycles. The van der Waals surface area contributed by atoms with Crippen LogP contribution in [0.4, 0.5) is 15.8 Å². The van der Waals surface area contributed by atoms with Crippen LogP contribution < -0.4 is 15.0 Å². The molecule has 3 aromatic carbocycles. The molecular formula is C24H22Cl2FN3O4S. The van der Waals surface area contributed by atoms with Gasteiger partial charge < -0.3 is 15.0 Å². The highest BCUT2D eigenvalue weighted by atomic mass is 35.5. The molecule has 0 unspecified atom stereocenters. The lowest BCUT2D eigenvalue weighted by Crippen LogP contribution is -2.48. The van der Waals surface area contributed by atoms with Crippen LogP contribution in [0.1, 0.15) is 10.4 Å². The molecule has 1 N–H and O–H groups in total. The van der Waals surface area contributed by atoms with Gasteiger partial charge in [0, 0.05) is 31.2 Å². The Morgan fingerprint density at radius 3 is 2.43 bits per heavy atom. The summed E-state index contributed by atoms with van der Waals surface area (Å²) in [5.74, 6) is -0.997. The number of para-hydroxylation sites is 2. The van der Waals surface area contributed by atoms with Gasteiger partial charge in [-0.15, -0.1) is 0 Å². The average Bonchev–Trinajstić information content (AvgIpc) is 2.86. The third-order valence-electron chi connectivity index (χ3n) is 5.66. The summed E-state index contributed by atoms with van der Waals surface area (Å²) in [6.07, 6.45) is 0. The Morgan fingerprint density at radius 1 is 1.00 bits per heavy atom. The molecule has 1 fully saturated rings. The van der Waals surface area contributed by atoms with Crippen LogP contribution in [-0.2, 0) is 10.0 Å². The maximum Gasteiger partial charge on any atom is 0.258 e. The number of ether oxygens (including phenoxy) is 1. The number of carbonyl (C=O) groups is 1. The van der Waals surface area contributed by atoms with Crippen LogP contribution >= 0.6 is 23.2 Å². The van der Waals surface area contributed by atoms with Crippen molar-refractivity contribution in [3.05, 3.63) is 82.1 Å². The second kappa shape index (κ2) is 10.4. The smallest absolute Gasteiger partial charge is 0.258 e. The fourth-order valence-corrected chi connectivity index (χ4v) is 5.62. The van der Waals surface area contributed by atoms with Gasteiger partial charge in [0.25, 0.3) is 5.91 Å². The topological polar surface area (TPSA) is 79.0 Å². The lowest BCUT2D eigenvalue weighted by atomic mass is 10.2. The first kappa shape index (κ1) is 25.2. The monoisotopic (exact) mass is 537 g/mol. The van der Waals surface area contributed by atoms with Crippen molar-refractivity contribution in [1.82, 2.24) is 4.31 Å². The van der Waals surface area contributed by atoms with Crippen molar-refractivity contribution in [2.24, 2.45) is 0 Å². The van der Waals surface area contributed by atoms with Gasteiger partial charge in [-0.2, -0.15) is 4.31 Å². The summed E-state index contributed by atoms with van der Waals surface area (Å²) in [6.45, 7) is 1.33. The largest absolute Gasteiger partial charge is 0.495 e. The SMILES string of the molecule is COc1ccccc1N1CCN(S(=O)(=O)c2ccc(F)c(C(=O)Nc3cc(Cl)ccc3Cl)c2)CC1. The maximum atomic E-state index is 14.5. The van der Waals surface area contributed by atoms with Crippen molar-refractivity contribution in [2.75, 3.05) is 43.5 Å². The predicted octanol–water partition coefficient (Wildman–Crippen LogP) is 4.90. The van der Waals surface area contributed by atoms with Gasteiger partial charge >= 0.3 is 0 Å². The Kier molecular flexibility index (Phi) is 7.51. The molecule has 7 nitrogen and oxygen atoms in total. The Bertz CT molecular complexity index is 1360. The maximum absolute atomic E-state index is 14.5. The zero-order valence-electron chi connectivity index (χ0n) is 18.7. The minimum Gasteiger partial charge on any atom is -0.495 e. The highest BCUT2D eigenvalue weighted by molar-refractivity contribution is 7.89. The Morgan fingerprint density at radius 2 is 1.71 bits per heavy atom. The first-order chi connectivity index (χ1) is 16.7. The summed E-state index contributed by atoms with van der Waals surface area (Å²) < 4.78 is 47.8. The molecule has 0 radical (unpaired) electrons. The zero-order valence-corrected chi connectivity index (χ0v) is 21.0. The molecular weight excluding hydrogens is 516 g/mol.